The Bertz CT molecular complexity index is 1470. The van der Waals surface area contributed by atoms with E-state index < -0.39 is 127 Å². The molecule has 23 heteroatoms. The van der Waals surface area contributed by atoms with Crippen molar-refractivity contribution in [3.8, 4) is 0 Å². The van der Waals surface area contributed by atoms with E-state index >= 15 is 0 Å². The molecule has 0 aliphatic rings. The zero-order valence-electron chi connectivity index (χ0n) is 32.1. The van der Waals surface area contributed by atoms with Crippen LogP contribution in [0.5, 0.6) is 0 Å². The van der Waals surface area contributed by atoms with Crippen molar-refractivity contribution in [1.82, 2.24) is 37.2 Å². The van der Waals surface area contributed by atoms with Crippen molar-refractivity contribution in [2.45, 2.75) is 122 Å². The second-order valence-corrected chi connectivity index (χ2v) is 13.9. The lowest BCUT2D eigenvalue weighted by Gasteiger charge is -2.27. The molecule has 0 saturated carbocycles. The molecule has 0 saturated heterocycles. The van der Waals surface area contributed by atoms with Gasteiger partial charge in [0.2, 0.25) is 47.3 Å². The quantitative estimate of drug-likeness (QED) is 0.0394. The van der Waals surface area contributed by atoms with Gasteiger partial charge in [0, 0.05) is 6.42 Å². The van der Waals surface area contributed by atoms with Gasteiger partial charge in [0.05, 0.1) is 18.9 Å². The van der Waals surface area contributed by atoms with Crippen molar-refractivity contribution < 1.29 is 68.1 Å². The monoisotopic (exact) mass is 801 g/mol. The molecule has 0 radical (unpaired) electrons. The van der Waals surface area contributed by atoms with Crippen molar-refractivity contribution in [2.75, 3.05) is 6.54 Å². The van der Waals surface area contributed by atoms with Crippen LogP contribution in [0.15, 0.2) is 0 Å². The van der Waals surface area contributed by atoms with E-state index in [-0.39, 0.29) is 37.5 Å². The third-order valence-corrected chi connectivity index (χ3v) is 7.60. The SMILES string of the molecule is CC(C)C[C@H](NC(=O)[C@H](CC(=O)O)NC(=O)[C@H](CC(C)C)NC(=O)[C@H](CCC(N)=O)NC(=O)[C@H](C)N)C(=O)N[C@@H](C)C(=O)N[C@@H](CC(=O)O)C(=O)NCC(=O)O. The third-order valence-electron chi connectivity index (χ3n) is 7.60. The maximum absolute atomic E-state index is 13.5. The van der Waals surface area contributed by atoms with Gasteiger partial charge in [-0.2, -0.15) is 0 Å². The minimum Gasteiger partial charge on any atom is -0.481 e. The standard InChI is InChI=1S/C33H55N9O14/c1-14(2)9-19(31(54)37-17(6)28(51)39-21(11-24(44)45)29(52)36-13-26(48)49)41-33(56)22(12-25(46)47)42-32(55)20(10-15(3)4)40-30(53)18(7-8-23(35)43)38-27(50)16(5)34/h14-22H,7-13,34H2,1-6H3,(H2,35,43)(H,36,52)(H,37,54)(H,38,50)(H,39,51)(H,40,53)(H,41,56)(H,42,55)(H,44,45)(H,46,47)(H,48,49)/t16-,17-,18-,19-,20-,21-,22-/m0/s1. The van der Waals surface area contributed by atoms with E-state index in [1.165, 1.54) is 13.8 Å². The average Bonchev–Trinajstić information content (AvgIpc) is 3.06. The van der Waals surface area contributed by atoms with Gasteiger partial charge in [-0.25, -0.2) is 0 Å². The van der Waals surface area contributed by atoms with Crippen molar-refractivity contribution in [1.29, 1.82) is 0 Å². The molecular weight excluding hydrogens is 746 g/mol. The zero-order valence-corrected chi connectivity index (χ0v) is 32.1. The van der Waals surface area contributed by atoms with Gasteiger partial charge in [0.25, 0.3) is 0 Å². The molecule has 0 aromatic rings. The van der Waals surface area contributed by atoms with Crippen LogP contribution in [-0.4, -0.2) is 129 Å². The summed E-state index contributed by atoms with van der Waals surface area (Å²) in [4.78, 5) is 136. The van der Waals surface area contributed by atoms with Crippen molar-refractivity contribution in [3.63, 3.8) is 0 Å². The number of carbonyl (C=O) groups excluding carboxylic acids is 8. The molecular formula is C33H55N9O14. The highest BCUT2D eigenvalue weighted by Gasteiger charge is 2.34. The molecule has 14 N–H and O–H groups in total. The van der Waals surface area contributed by atoms with Crippen LogP contribution in [0.4, 0.5) is 0 Å². The fourth-order valence-corrected chi connectivity index (χ4v) is 4.81. The minimum atomic E-state index is -1.81. The Morgan fingerprint density at radius 2 is 0.857 bits per heavy atom. The first-order valence-corrected chi connectivity index (χ1v) is 17.6. The summed E-state index contributed by atoms with van der Waals surface area (Å²) in [6, 6.07) is -10.2. The van der Waals surface area contributed by atoms with Crippen LogP contribution in [-0.2, 0) is 52.7 Å². The number of hydrogen-bond donors (Lipinski definition) is 12. The summed E-state index contributed by atoms with van der Waals surface area (Å²) < 4.78 is 0. The Hall–Kier alpha value is -5.87. The molecule has 0 heterocycles. The second kappa shape index (κ2) is 24.5. The first-order valence-electron chi connectivity index (χ1n) is 17.6. The highest BCUT2D eigenvalue weighted by atomic mass is 16.4. The number of rotatable bonds is 26. The van der Waals surface area contributed by atoms with E-state index in [1.807, 2.05) is 5.32 Å². The number of carboxylic acid groups (broad SMARTS) is 3. The molecule has 0 aromatic carbocycles. The molecule has 0 aliphatic heterocycles. The Morgan fingerprint density at radius 3 is 1.27 bits per heavy atom. The number of nitrogens with one attached hydrogen (secondary N) is 7. The van der Waals surface area contributed by atoms with Crippen LogP contribution >= 0.6 is 0 Å². The number of primary amides is 1. The Balaban J connectivity index is 6.16. The minimum absolute atomic E-state index is 0.0321. The van der Waals surface area contributed by atoms with Crippen LogP contribution in [0.1, 0.15) is 80.1 Å². The van der Waals surface area contributed by atoms with Crippen LogP contribution in [0.3, 0.4) is 0 Å². The number of aliphatic carboxylic acids is 3. The molecule has 0 bridgehead atoms. The van der Waals surface area contributed by atoms with Crippen LogP contribution < -0.4 is 48.7 Å². The van der Waals surface area contributed by atoms with E-state index in [1.54, 1.807) is 27.7 Å². The fraction of sp³-hybridized carbons (Fsp3) is 0.667. The molecule has 316 valence electrons. The zero-order chi connectivity index (χ0) is 43.4. The van der Waals surface area contributed by atoms with Gasteiger partial charge in [-0.3, -0.25) is 52.7 Å². The summed E-state index contributed by atoms with van der Waals surface area (Å²) in [5.41, 5.74) is 10.8. The summed E-state index contributed by atoms with van der Waals surface area (Å²) in [5.74, 6) is -12.7. The summed E-state index contributed by atoms with van der Waals surface area (Å²) in [6.45, 7) is 8.42. The molecule has 0 fully saturated rings. The molecule has 0 unspecified atom stereocenters. The van der Waals surface area contributed by atoms with Crippen molar-refractivity contribution in [3.05, 3.63) is 0 Å². The molecule has 0 aliphatic carbocycles. The summed E-state index contributed by atoms with van der Waals surface area (Å²) in [5, 5.41) is 43.3. The largest absolute Gasteiger partial charge is 0.481 e. The molecule has 0 rings (SSSR count). The summed E-state index contributed by atoms with van der Waals surface area (Å²) >= 11 is 0. The molecule has 23 nitrogen and oxygen atoms in total. The fourth-order valence-electron chi connectivity index (χ4n) is 4.81. The molecule has 8 amide bonds. The van der Waals surface area contributed by atoms with Gasteiger partial charge in [-0.15, -0.1) is 0 Å². The van der Waals surface area contributed by atoms with Crippen LogP contribution in [0.25, 0.3) is 0 Å². The van der Waals surface area contributed by atoms with Gasteiger partial charge in [0.15, 0.2) is 0 Å². The lowest BCUT2D eigenvalue weighted by Crippen LogP contribution is -2.60. The summed E-state index contributed by atoms with van der Waals surface area (Å²) in [7, 11) is 0. The normalized spacial score (nSPS) is 14.7. The highest BCUT2D eigenvalue weighted by Crippen LogP contribution is 2.10. The van der Waals surface area contributed by atoms with Crippen LogP contribution in [0, 0.1) is 11.8 Å². The number of amides is 8. The molecule has 7 atom stereocenters. The predicted molar refractivity (Wildman–Crippen MR) is 193 cm³/mol. The lowest BCUT2D eigenvalue weighted by molar-refractivity contribution is -0.142. The first-order chi connectivity index (χ1) is 25.8. The van der Waals surface area contributed by atoms with Crippen molar-refractivity contribution in [2.24, 2.45) is 23.3 Å². The predicted octanol–water partition coefficient (Wildman–Crippen LogP) is -4.23. The van der Waals surface area contributed by atoms with Crippen LogP contribution in [0.2, 0.25) is 0 Å². The lowest BCUT2D eigenvalue weighted by atomic mass is 10.0. The van der Waals surface area contributed by atoms with Gasteiger partial charge < -0.3 is 64.0 Å². The van der Waals surface area contributed by atoms with E-state index in [0.29, 0.717) is 0 Å². The smallest absolute Gasteiger partial charge is 0.322 e. The third kappa shape index (κ3) is 20.5. The number of carbonyl (C=O) groups is 11. The Labute approximate surface area is 322 Å². The number of nitrogens with two attached hydrogens (primary N) is 2. The topological polar surface area (TPSA) is 385 Å². The molecule has 56 heavy (non-hydrogen) atoms. The second-order valence-electron chi connectivity index (χ2n) is 13.9. The first kappa shape index (κ1) is 50.1. The van der Waals surface area contributed by atoms with E-state index in [4.69, 9.17) is 21.7 Å². The van der Waals surface area contributed by atoms with E-state index in [0.717, 1.165) is 0 Å². The maximum atomic E-state index is 13.5. The Morgan fingerprint density at radius 1 is 0.482 bits per heavy atom. The molecule has 0 aromatic heterocycles. The average molecular weight is 802 g/mol. The highest BCUT2D eigenvalue weighted by molar-refractivity contribution is 5.98. The van der Waals surface area contributed by atoms with E-state index in [2.05, 4.69) is 31.9 Å². The van der Waals surface area contributed by atoms with Gasteiger partial charge in [0.1, 0.15) is 42.8 Å². The molecule has 0 spiro atoms. The van der Waals surface area contributed by atoms with Gasteiger partial charge in [-0.1, -0.05) is 27.7 Å². The maximum Gasteiger partial charge on any atom is 0.322 e. The van der Waals surface area contributed by atoms with Gasteiger partial charge >= 0.3 is 17.9 Å². The Kier molecular flexibility index (Phi) is 21.9. The summed E-state index contributed by atoms with van der Waals surface area (Å²) in [6.07, 6.45) is -2.56. The number of hydrogen-bond acceptors (Lipinski definition) is 12. The number of carboxylic acids is 3. The van der Waals surface area contributed by atoms with Gasteiger partial charge in [-0.05, 0) is 44.9 Å². The van der Waals surface area contributed by atoms with Crippen molar-refractivity contribution >= 4 is 65.2 Å². The van der Waals surface area contributed by atoms with E-state index in [9.17, 15) is 57.8 Å².